The van der Waals surface area contributed by atoms with E-state index in [1.54, 1.807) is 11.8 Å². The van der Waals surface area contributed by atoms with Crippen LogP contribution in [0.1, 0.15) is 26.2 Å². The fraction of sp³-hybridized carbons (Fsp3) is 0.917. The van der Waals surface area contributed by atoms with Crippen molar-refractivity contribution >= 4 is 17.6 Å². The first-order valence-electron chi connectivity index (χ1n) is 6.51. The van der Waals surface area contributed by atoms with Crippen LogP contribution in [0.5, 0.6) is 0 Å². The largest absolute Gasteiger partial charge is 0.409 e. The number of piperidine rings is 1. The van der Waals surface area contributed by atoms with Gasteiger partial charge in [0.1, 0.15) is 0 Å². The van der Waals surface area contributed by atoms with Crippen LogP contribution in [0.25, 0.3) is 0 Å². The van der Waals surface area contributed by atoms with E-state index in [4.69, 9.17) is 15.7 Å². The van der Waals surface area contributed by atoms with Crippen LogP contribution in [0.2, 0.25) is 0 Å². The zero-order valence-electron chi connectivity index (χ0n) is 11.4. The van der Waals surface area contributed by atoms with Crippen molar-refractivity contribution in [1.29, 1.82) is 0 Å². The minimum atomic E-state index is -0.175. The van der Waals surface area contributed by atoms with Crippen LogP contribution in [-0.4, -0.2) is 59.8 Å². The summed E-state index contributed by atoms with van der Waals surface area (Å²) in [6.07, 6.45) is 4.99. The number of likely N-dealkylation sites (tertiary alicyclic amines) is 1. The van der Waals surface area contributed by atoms with Crippen LogP contribution < -0.4 is 5.73 Å². The number of nitrogens with two attached hydrogens (primary N) is 1. The van der Waals surface area contributed by atoms with Gasteiger partial charge < -0.3 is 20.6 Å². The van der Waals surface area contributed by atoms with Crippen LogP contribution in [0, 0.1) is 0 Å². The maximum atomic E-state index is 8.87. The van der Waals surface area contributed by atoms with Gasteiger partial charge in [-0.05, 0) is 45.5 Å². The number of oxime groups is 1. The highest BCUT2D eigenvalue weighted by molar-refractivity contribution is 8.00. The third-order valence-electron chi connectivity index (χ3n) is 3.60. The van der Waals surface area contributed by atoms with Gasteiger partial charge in [0.05, 0.1) is 4.75 Å². The van der Waals surface area contributed by atoms with Crippen molar-refractivity contribution in [2.75, 3.05) is 39.1 Å². The normalized spacial score (nSPS) is 21.1. The lowest BCUT2D eigenvalue weighted by molar-refractivity contribution is 0.126. The van der Waals surface area contributed by atoms with E-state index in [0.717, 1.165) is 52.1 Å². The number of nitrogens with zero attached hydrogens (tertiary/aromatic N) is 2. The Labute approximate surface area is 114 Å². The second-order valence-electron chi connectivity index (χ2n) is 4.58. The molecule has 0 aliphatic carbocycles. The number of rotatable bonds is 7. The lowest BCUT2D eigenvalue weighted by Crippen LogP contribution is -2.50. The van der Waals surface area contributed by atoms with E-state index in [1.165, 1.54) is 0 Å². The molecule has 0 radical (unpaired) electrons. The standard InChI is InChI=1S/C12H25N3O2S/c1-3-17-10-4-7-15-8-5-12(18-2,6-9-15)11(13)14-16/h16H,3-10H2,1-2H3,(H2,13,14). The van der Waals surface area contributed by atoms with Crippen LogP contribution in [0.4, 0.5) is 0 Å². The van der Waals surface area contributed by atoms with Crippen molar-refractivity contribution in [3.05, 3.63) is 0 Å². The Kier molecular flexibility index (Phi) is 6.81. The molecule has 0 atom stereocenters. The average Bonchev–Trinajstić information content (AvgIpc) is 2.43. The van der Waals surface area contributed by atoms with Gasteiger partial charge >= 0.3 is 0 Å². The maximum Gasteiger partial charge on any atom is 0.155 e. The Balaban J connectivity index is 2.35. The second kappa shape index (κ2) is 7.86. The van der Waals surface area contributed by atoms with E-state index >= 15 is 0 Å². The van der Waals surface area contributed by atoms with Crippen molar-refractivity contribution in [1.82, 2.24) is 4.90 Å². The Bertz CT molecular complexity index is 266. The summed E-state index contributed by atoms with van der Waals surface area (Å²) in [4.78, 5) is 2.43. The molecule has 6 heteroatoms. The number of amidine groups is 1. The second-order valence-corrected chi connectivity index (χ2v) is 5.77. The fourth-order valence-electron chi connectivity index (χ4n) is 2.33. The monoisotopic (exact) mass is 275 g/mol. The zero-order chi connectivity index (χ0) is 13.4. The zero-order valence-corrected chi connectivity index (χ0v) is 12.2. The maximum absolute atomic E-state index is 8.87. The summed E-state index contributed by atoms with van der Waals surface area (Å²) < 4.78 is 5.16. The third-order valence-corrected chi connectivity index (χ3v) is 5.00. The molecule has 106 valence electrons. The predicted octanol–water partition coefficient (Wildman–Crippen LogP) is 1.36. The van der Waals surface area contributed by atoms with Gasteiger partial charge in [0, 0.05) is 19.8 Å². The number of hydrogen-bond acceptors (Lipinski definition) is 5. The van der Waals surface area contributed by atoms with Gasteiger partial charge in [0.15, 0.2) is 5.84 Å². The highest BCUT2D eigenvalue weighted by atomic mass is 32.2. The first-order valence-corrected chi connectivity index (χ1v) is 7.74. The SMILES string of the molecule is CCOCCCN1CCC(SC)(C(N)=NO)CC1. The summed E-state index contributed by atoms with van der Waals surface area (Å²) >= 11 is 1.69. The quantitative estimate of drug-likeness (QED) is 0.241. The molecule has 18 heavy (non-hydrogen) atoms. The number of thioether (sulfide) groups is 1. The predicted molar refractivity (Wildman–Crippen MR) is 76.4 cm³/mol. The van der Waals surface area contributed by atoms with Gasteiger partial charge in [0.2, 0.25) is 0 Å². The molecular weight excluding hydrogens is 250 g/mol. The smallest absolute Gasteiger partial charge is 0.155 e. The molecule has 1 rings (SSSR count). The number of hydrogen-bond donors (Lipinski definition) is 2. The topological polar surface area (TPSA) is 71.1 Å². The molecule has 3 N–H and O–H groups in total. The number of ether oxygens (including phenoxy) is 1. The van der Waals surface area contributed by atoms with E-state index in [-0.39, 0.29) is 4.75 Å². The van der Waals surface area contributed by atoms with Gasteiger partial charge in [-0.15, -0.1) is 0 Å². The van der Waals surface area contributed by atoms with Crippen LogP contribution in [0.3, 0.4) is 0 Å². The molecule has 1 aliphatic heterocycles. The summed E-state index contributed by atoms with van der Waals surface area (Å²) in [6.45, 7) is 6.72. The lowest BCUT2D eigenvalue weighted by Gasteiger charge is -2.39. The van der Waals surface area contributed by atoms with Crippen molar-refractivity contribution in [2.45, 2.75) is 30.9 Å². The molecule has 0 spiro atoms. The van der Waals surface area contributed by atoms with Gasteiger partial charge in [-0.3, -0.25) is 0 Å². The molecular formula is C12H25N3O2S. The summed E-state index contributed by atoms with van der Waals surface area (Å²) in [6, 6.07) is 0. The summed E-state index contributed by atoms with van der Waals surface area (Å²) in [5, 5.41) is 12.1. The van der Waals surface area contributed by atoms with Crippen molar-refractivity contribution < 1.29 is 9.94 Å². The van der Waals surface area contributed by atoms with Crippen LogP contribution in [-0.2, 0) is 4.74 Å². The van der Waals surface area contributed by atoms with Crippen molar-refractivity contribution in [3.8, 4) is 0 Å². The molecule has 0 aromatic carbocycles. The summed E-state index contributed by atoms with van der Waals surface area (Å²) in [7, 11) is 0. The Hall–Kier alpha value is -0.460. The average molecular weight is 275 g/mol. The van der Waals surface area contributed by atoms with E-state index in [1.807, 2.05) is 13.2 Å². The molecule has 0 amide bonds. The highest BCUT2D eigenvalue weighted by Crippen LogP contribution is 2.34. The Morgan fingerprint density at radius 3 is 2.67 bits per heavy atom. The highest BCUT2D eigenvalue weighted by Gasteiger charge is 2.37. The minimum Gasteiger partial charge on any atom is -0.409 e. The molecule has 0 aromatic rings. The first kappa shape index (κ1) is 15.6. The summed E-state index contributed by atoms with van der Waals surface area (Å²) in [5.74, 6) is 0.365. The van der Waals surface area contributed by atoms with E-state index in [0.29, 0.717) is 5.84 Å². The summed E-state index contributed by atoms with van der Waals surface area (Å²) in [5.41, 5.74) is 5.82. The molecule has 1 saturated heterocycles. The van der Waals surface area contributed by atoms with Crippen molar-refractivity contribution in [2.24, 2.45) is 10.9 Å². The molecule has 0 aromatic heterocycles. The Morgan fingerprint density at radius 1 is 1.50 bits per heavy atom. The minimum absolute atomic E-state index is 0.175. The van der Waals surface area contributed by atoms with E-state index in [2.05, 4.69) is 10.1 Å². The lowest BCUT2D eigenvalue weighted by atomic mass is 9.94. The van der Waals surface area contributed by atoms with Crippen LogP contribution >= 0.6 is 11.8 Å². The molecule has 0 unspecified atom stereocenters. The van der Waals surface area contributed by atoms with E-state index in [9.17, 15) is 0 Å². The van der Waals surface area contributed by atoms with E-state index < -0.39 is 0 Å². The molecule has 1 aliphatic rings. The molecule has 5 nitrogen and oxygen atoms in total. The Morgan fingerprint density at radius 2 is 2.17 bits per heavy atom. The van der Waals surface area contributed by atoms with Gasteiger partial charge in [-0.2, -0.15) is 11.8 Å². The fourth-order valence-corrected chi connectivity index (χ4v) is 3.17. The third kappa shape index (κ3) is 4.03. The molecule has 1 fully saturated rings. The van der Waals surface area contributed by atoms with Gasteiger partial charge in [-0.25, -0.2) is 0 Å². The van der Waals surface area contributed by atoms with Crippen molar-refractivity contribution in [3.63, 3.8) is 0 Å². The molecule has 1 heterocycles. The van der Waals surface area contributed by atoms with Gasteiger partial charge in [0.25, 0.3) is 0 Å². The van der Waals surface area contributed by atoms with Crippen LogP contribution in [0.15, 0.2) is 5.16 Å². The molecule has 0 bridgehead atoms. The van der Waals surface area contributed by atoms with Gasteiger partial charge in [-0.1, -0.05) is 5.16 Å². The first-order chi connectivity index (χ1) is 8.68. The molecule has 0 saturated carbocycles.